The van der Waals surface area contributed by atoms with Gasteiger partial charge in [-0.2, -0.15) is 5.11 Å². The van der Waals surface area contributed by atoms with Crippen LogP contribution >= 0.6 is 0 Å². The topological polar surface area (TPSA) is 94.7 Å². The van der Waals surface area contributed by atoms with Gasteiger partial charge in [0.05, 0.1) is 0 Å². The van der Waals surface area contributed by atoms with Crippen molar-refractivity contribution in [3.8, 4) is 11.1 Å². The molecule has 1 aliphatic heterocycles. The van der Waals surface area contributed by atoms with Gasteiger partial charge in [-0.1, -0.05) is 75.7 Å². The summed E-state index contributed by atoms with van der Waals surface area (Å²) in [6, 6.07) is 14.9. The molecule has 1 aliphatic rings. The van der Waals surface area contributed by atoms with Crippen LogP contribution in [0.3, 0.4) is 0 Å². The average molecular weight is 435 g/mol. The molecular weight excluding hydrogens is 404 g/mol. The van der Waals surface area contributed by atoms with Gasteiger partial charge in [-0.15, -0.1) is 5.11 Å². The molecule has 2 aromatic carbocycles. The number of azo groups is 1. The Morgan fingerprint density at radius 1 is 1.06 bits per heavy atom. The lowest BCUT2D eigenvalue weighted by Crippen LogP contribution is -2.47. The Labute approximate surface area is 188 Å². The number of carbonyl (C=O) groups is 2. The van der Waals surface area contributed by atoms with E-state index < -0.39 is 12.0 Å². The lowest BCUT2D eigenvalue weighted by Gasteiger charge is -2.32. The number of aliphatic imine (C=N–C) groups is 1. The minimum Gasteiger partial charge on any atom is -0.480 e. The third kappa shape index (κ3) is 5.46. The monoisotopic (exact) mass is 434 g/mol. The number of carboxylic acids is 1. The number of benzene rings is 2. The number of carbonyl (C=O) groups excluding carboxylic acids is 1. The summed E-state index contributed by atoms with van der Waals surface area (Å²) in [5.41, 5.74) is 3.81. The van der Waals surface area contributed by atoms with E-state index in [0.29, 0.717) is 18.9 Å². The van der Waals surface area contributed by atoms with Gasteiger partial charge in [0.15, 0.2) is 12.5 Å². The summed E-state index contributed by atoms with van der Waals surface area (Å²) in [5, 5.41) is 17.8. The molecule has 0 radical (unpaired) electrons. The van der Waals surface area contributed by atoms with Gasteiger partial charge in [0.1, 0.15) is 6.04 Å². The van der Waals surface area contributed by atoms with Crippen molar-refractivity contribution in [1.82, 2.24) is 4.90 Å². The molecule has 0 bridgehead atoms. The second kappa shape index (κ2) is 10.8. The normalized spacial score (nSPS) is 13.8. The van der Waals surface area contributed by atoms with E-state index in [9.17, 15) is 14.7 Å². The number of amidine groups is 1. The zero-order valence-electron chi connectivity index (χ0n) is 18.9. The Hall–Kier alpha value is -3.35. The van der Waals surface area contributed by atoms with Crippen LogP contribution in [-0.2, 0) is 16.1 Å². The van der Waals surface area contributed by atoms with Crippen LogP contribution in [0.5, 0.6) is 0 Å². The van der Waals surface area contributed by atoms with E-state index in [1.807, 2.05) is 69.3 Å². The Kier molecular flexibility index (Phi) is 7.87. The van der Waals surface area contributed by atoms with Crippen LogP contribution in [0.25, 0.3) is 11.1 Å². The molecule has 1 atom stereocenters. The Morgan fingerprint density at radius 2 is 1.75 bits per heavy atom. The molecule has 7 heteroatoms. The fraction of sp³-hybridized carbons (Fsp3) is 0.400. The van der Waals surface area contributed by atoms with Gasteiger partial charge in [0.2, 0.25) is 5.91 Å². The molecule has 1 amide bonds. The van der Waals surface area contributed by atoms with Crippen LogP contribution in [0.4, 0.5) is 0 Å². The predicted molar refractivity (Wildman–Crippen MR) is 124 cm³/mol. The summed E-state index contributed by atoms with van der Waals surface area (Å²) in [5.74, 6) is -0.655. The van der Waals surface area contributed by atoms with Crippen LogP contribution in [0, 0.1) is 5.92 Å². The molecule has 168 valence electrons. The van der Waals surface area contributed by atoms with Crippen LogP contribution in [-0.4, -0.2) is 40.4 Å². The van der Waals surface area contributed by atoms with Gasteiger partial charge in [0, 0.05) is 18.5 Å². The minimum absolute atomic E-state index is 0.119. The van der Waals surface area contributed by atoms with Gasteiger partial charge in [-0.25, -0.2) is 9.79 Å². The molecule has 7 nitrogen and oxygen atoms in total. The zero-order valence-corrected chi connectivity index (χ0v) is 18.9. The average Bonchev–Trinajstić information content (AvgIpc) is 3.32. The Morgan fingerprint density at radius 3 is 2.31 bits per heavy atom. The van der Waals surface area contributed by atoms with Gasteiger partial charge in [0.25, 0.3) is 0 Å². The van der Waals surface area contributed by atoms with E-state index in [2.05, 4.69) is 15.2 Å². The maximum atomic E-state index is 12.9. The predicted octanol–water partition coefficient (Wildman–Crippen LogP) is 5.15. The lowest BCUT2D eigenvalue weighted by atomic mass is 9.97. The van der Waals surface area contributed by atoms with Crippen molar-refractivity contribution in [2.75, 3.05) is 6.67 Å². The molecular formula is C25H30N4O3. The highest BCUT2D eigenvalue weighted by Crippen LogP contribution is 2.27. The molecule has 32 heavy (non-hydrogen) atoms. The van der Waals surface area contributed by atoms with E-state index in [0.717, 1.165) is 35.1 Å². The molecule has 0 aromatic heterocycles. The van der Waals surface area contributed by atoms with E-state index in [1.165, 1.54) is 4.90 Å². The van der Waals surface area contributed by atoms with Crippen molar-refractivity contribution < 1.29 is 14.7 Å². The quantitative estimate of drug-likeness (QED) is 0.560. The molecule has 3 rings (SSSR count). The number of aliphatic carboxylic acids is 1. The number of carboxylic acid groups (broad SMARTS) is 1. The maximum Gasteiger partial charge on any atom is 0.326 e. The van der Waals surface area contributed by atoms with Gasteiger partial charge in [-0.3, -0.25) is 4.79 Å². The van der Waals surface area contributed by atoms with Crippen LogP contribution in [0.2, 0.25) is 0 Å². The number of rotatable bonds is 10. The Balaban J connectivity index is 1.86. The van der Waals surface area contributed by atoms with Crippen molar-refractivity contribution in [2.45, 2.75) is 52.6 Å². The standard InChI is InChI=1S/C25H30N4O3/c1-4-5-10-22(30)29(23(17(2)3)25(31)32)15-18-11-13-19(14-12-18)20-8-6-7-9-21(20)24-26-16-27-28-24/h6-9,11-14,17,23H,4-5,10,15-16H2,1-3H3,(H,31,32)/t23-/m0/s1. The molecule has 2 aromatic rings. The van der Waals surface area contributed by atoms with Crippen LogP contribution in [0.1, 0.15) is 51.2 Å². The fourth-order valence-electron chi connectivity index (χ4n) is 3.88. The number of hydrogen-bond donors (Lipinski definition) is 1. The molecule has 0 aliphatic carbocycles. The van der Waals surface area contributed by atoms with Crippen molar-refractivity contribution in [3.63, 3.8) is 0 Å². The molecule has 1 heterocycles. The smallest absolute Gasteiger partial charge is 0.326 e. The molecule has 0 saturated carbocycles. The van der Waals surface area contributed by atoms with Crippen LogP contribution < -0.4 is 0 Å². The highest BCUT2D eigenvalue weighted by Gasteiger charge is 2.32. The second-order valence-electron chi connectivity index (χ2n) is 8.26. The molecule has 0 saturated heterocycles. The first-order valence-corrected chi connectivity index (χ1v) is 11.0. The summed E-state index contributed by atoms with van der Waals surface area (Å²) >= 11 is 0. The van der Waals surface area contributed by atoms with E-state index in [1.54, 1.807) is 0 Å². The summed E-state index contributed by atoms with van der Waals surface area (Å²) in [4.78, 5) is 30.6. The largest absolute Gasteiger partial charge is 0.480 e. The third-order valence-corrected chi connectivity index (χ3v) is 5.52. The summed E-state index contributed by atoms with van der Waals surface area (Å²) in [6.45, 7) is 6.31. The molecule has 1 N–H and O–H groups in total. The number of nitrogens with zero attached hydrogens (tertiary/aromatic N) is 4. The lowest BCUT2D eigenvalue weighted by molar-refractivity contribution is -0.153. The van der Waals surface area contributed by atoms with Crippen molar-refractivity contribution in [3.05, 3.63) is 59.7 Å². The fourth-order valence-corrected chi connectivity index (χ4v) is 3.88. The van der Waals surface area contributed by atoms with E-state index in [-0.39, 0.29) is 18.4 Å². The van der Waals surface area contributed by atoms with Gasteiger partial charge >= 0.3 is 5.97 Å². The highest BCUT2D eigenvalue weighted by atomic mass is 16.4. The maximum absolute atomic E-state index is 12.9. The van der Waals surface area contributed by atoms with E-state index >= 15 is 0 Å². The third-order valence-electron chi connectivity index (χ3n) is 5.52. The molecule has 0 fully saturated rings. The zero-order chi connectivity index (χ0) is 23.1. The first-order chi connectivity index (χ1) is 15.4. The second-order valence-corrected chi connectivity index (χ2v) is 8.26. The summed E-state index contributed by atoms with van der Waals surface area (Å²) in [6.07, 6.45) is 1.99. The Bertz CT molecular complexity index is 1010. The van der Waals surface area contributed by atoms with Crippen molar-refractivity contribution in [1.29, 1.82) is 0 Å². The summed E-state index contributed by atoms with van der Waals surface area (Å²) in [7, 11) is 0. The first-order valence-electron chi connectivity index (χ1n) is 11.0. The molecule has 0 spiro atoms. The SMILES string of the molecule is CCCCC(=O)N(Cc1ccc(-c2ccccc2C2=NCN=N2)cc1)[C@H](C(=O)O)C(C)C. The van der Waals surface area contributed by atoms with Crippen molar-refractivity contribution >= 4 is 17.7 Å². The summed E-state index contributed by atoms with van der Waals surface area (Å²) < 4.78 is 0. The number of unbranched alkanes of at least 4 members (excludes halogenated alkanes) is 1. The number of amides is 1. The number of hydrogen-bond acceptors (Lipinski definition) is 5. The van der Waals surface area contributed by atoms with Crippen LogP contribution in [0.15, 0.2) is 63.8 Å². The van der Waals surface area contributed by atoms with Gasteiger partial charge in [-0.05, 0) is 29.0 Å². The van der Waals surface area contributed by atoms with E-state index in [4.69, 9.17) is 0 Å². The first kappa shape index (κ1) is 23.3. The molecule has 0 unspecified atom stereocenters. The van der Waals surface area contributed by atoms with Gasteiger partial charge < -0.3 is 10.0 Å². The highest BCUT2D eigenvalue weighted by molar-refractivity contribution is 6.05. The van der Waals surface area contributed by atoms with Crippen molar-refractivity contribution in [2.24, 2.45) is 21.1 Å². The minimum atomic E-state index is -0.970.